The van der Waals surface area contributed by atoms with E-state index in [0.29, 0.717) is 34.4 Å². The molecule has 264 valence electrons. The summed E-state index contributed by atoms with van der Waals surface area (Å²) in [5.41, 5.74) is 6.54. The quantitative estimate of drug-likeness (QED) is 0.0681. The Morgan fingerprint density at radius 3 is 2.48 bits per heavy atom. The van der Waals surface area contributed by atoms with Crippen molar-refractivity contribution in [1.29, 1.82) is 5.26 Å². The Hall–Kier alpha value is -4.75. The molecular weight excluding hydrogens is 646 g/mol. The number of likely N-dealkylation sites (tertiary alicyclic amines) is 1. The molecule has 1 fully saturated rings. The summed E-state index contributed by atoms with van der Waals surface area (Å²) in [5.74, 6) is 2.30. The lowest BCUT2D eigenvalue weighted by atomic mass is 10.0. The Kier molecular flexibility index (Phi) is 13.5. The van der Waals surface area contributed by atoms with E-state index in [4.69, 9.17) is 19.8 Å². The van der Waals surface area contributed by atoms with Crippen molar-refractivity contribution < 1.29 is 9.13 Å². The Labute approximate surface area is 301 Å². The predicted octanol–water partition coefficient (Wildman–Crippen LogP) is 10.1. The van der Waals surface area contributed by atoms with Crippen molar-refractivity contribution in [1.82, 2.24) is 19.7 Å². The molecule has 4 rings (SSSR count). The molecule has 0 atom stereocenters. The van der Waals surface area contributed by atoms with E-state index in [-0.39, 0.29) is 11.9 Å². The zero-order valence-corrected chi connectivity index (χ0v) is 31.6. The van der Waals surface area contributed by atoms with Crippen LogP contribution in [-0.4, -0.2) is 51.2 Å². The van der Waals surface area contributed by atoms with Gasteiger partial charge in [0, 0.05) is 30.4 Å². The molecule has 0 aliphatic carbocycles. The van der Waals surface area contributed by atoms with Crippen molar-refractivity contribution in [2.24, 2.45) is 4.99 Å². The third kappa shape index (κ3) is 9.27. The Bertz CT molecular complexity index is 1850. The fourth-order valence-corrected chi connectivity index (χ4v) is 6.53. The van der Waals surface area contributed by atoms with Crippen molar-refractivity contribution >= 4 is 34.2 Å². The number of unbranched alkanes of at least 4 members (excludes halogenated alkanes) is 1. The summed E-state index contributed by atoms with van der Waals surface area (Å²) in [6.45, 7) is 23.4. The summed E-state index contributed by atoms with van der Waals surface area (Å²) in [4.78, 5) is 14.6. The van der Waals surface area contributed by atoms with Crippen LogP contribution in [0.25, 0.3) is 17.3 Å². The first kappa shape index (κ1) is 38.1. The van der Waals surface area contributed by atoms with E-state index in [0.717, 1.165) is 72.2 Å². The number of benzene rings is 1. The first-order valence-electron chi connectivity index (χ1n) is 17.4. The van der Waals surface area contributed by atoms with E-state index in [1.807, 2.05) is 24.7 Å². The summed E-state index contributed by atoms with van der Waals surface area (Å²) >= 11 is 1.33. The summed E-state index contributed by atoms with van der Waals surface area (Å²) in [6, 6.07) is 8.39. The molecule has 0 bridgehead atoms. The molecule has 1 saturated heterocycles. The van der Waals surface area contributed by atoms with Crippen LogP contribution in [0.15, 0.2) is 82.7 Å². The second kappa shape index (κ2) is 17.8. The highest BCUT2D eigenvalue weighted by Gasteiger charge is 2.29. The number of ether oxygens (including phenoxy) is 1. The molecule has 0 radical (unpaired) electrons. The number of halogens is 1. The van der Waals surface area contributed by atoms with Crippen molar-refractivity contribution in [3.8, 4) is 17.3 Å². The second-order valence-corrected chi connectivity index (χ2v) is 13.4. The van der Waals surface area contributed by atoms with E-state index < -0.39 is 0 Å². The molecule has 0 unspecified atom stereocenters. The van der Waals surface area contributed by atoms with Gasteiger partial charge in [-0.15, -0.1) is 0 Å². The van der Waals surface area contributed by atoms with Crippen molar-refractivity contribution in [2.75, 3.05) is 24.5 Å². The lowest BCUT2D eigenvalue weighted by molar-refractivity contribution is 0.0162. The summed E-state index contributed by atoms with van der Waals surface area (Å²) in [6.07, 6.45) is 13.8. The fraction of sp³-hybridized carbons (Fsp3) is 0.400. The average Bonchev–Trinajstić information content (AvgIpc) is 3.66. The third-order valence-corrected chi connectivity index (χ3v) is 9.54. The van der Waals surface area contributed by atoms with Crippen molar-refractivity contribution in [3.63, 3.8) is 0 Å². The number of anilines is 2. The number of nitrogens with zero attached hydrogens (tertiary/aromatic N) is 7. The monoisotopic (exact) mass is 695 g/mol. The number of thiazole rings is 1. The minimum absolute atomic E-state index is 0.159. The molecule has 1 aliphatic rings. The van der Waals surface area contributed by atoms with Gasteiger partial charge in [-0.2, -0.15) is 10.4 Å². The normalized spacial score (nSPS) is 14.7. The molecule has 0 spiro atoms. The summed E-state index contributed by atoms with van der Waals surface area (Å²) < 4.78 is 21.4. The molecule has 1 aromatic carbocycles. The maximum Gasteiger partial charge on any atom is 0.192 e. The molecule has 2 aromatic heterocycles. The minimum Gasteiger partial charge on any atom is -0.492 e. The molecule has 8 nitrogen and oxygen atoms in total. The largest absolute Gasteiger partial charge is 0.492 e. The first-order chi connectivity index (χ1) is 24.0. The lowest BCUT2D eigenvalue weighted by Crippen LogP contribution is -2.53. The summed E-state index contributed by atoms with van der Waals surface area (Å²) in [7, 11) is 0. The molecule has 10 heteroatoms. The molecule has 0 amide bonds. The van der Waals surface area contributed by atoms with E-state index >= 15 is 0 Å². The van der Waals surface area contributed by atoms with Gasteiger partial charge in [0.05, 0.1) is 24.5 Å². The van der Waals surface area contributed by atoms with Crippen LogP contribution in [0.4, 0.5) is 15.3 Å². The van der Waals surface area contributed by atoms with Crippen LogP contribution >= 0.6 is 11.3 Å². The van der Waals surface area contributed by atoms with Gasteiger partial charge < -0.3 is 14.5 Å². The topological polar surface area (TPSA) is 82.6 Å². The maximum atomic E-state index is 13.6. The Morgan fingerprint density at radius 2 is 1.88 bits per heavy atom. The molecule has 1 aliphatic heterocycles. The van der Waals surface area contributed by atoms with Crippen LogP contribution in [0.2, 0.25) is 0 Å². The standard InChI is InChI=1S/C40H50FN7OS/c1-10-14-15-31(33(22-28(7)11-2)24-43-30(9)46-25-35(26-46)49-27(5)6)18-21-36-29(8)39(48(13-4)45-36)47(12-3)40-44-38(37(23-42)50-40)32-16-19-34(41)20-17-32/h15-22,24,35H,5,10-14,25-26H2,1-4,6-9H3/b21-18-,28-22-,31-15-,33-24+,43-30?. The van der Waals surface area contributed by atoms with Gasteiger partial charge in [-0.3, -0.25) is 0 Å². The lowest BCUT2D eigenvalue weighted by Gasteiger charge is -2.40. The number of allylic oxidation sites excluding steroid dienone is 7. The van der Waals surface area contributed by atoms with E-state index in [1.165, 1.54) is 29.0 Å². The zero-order chi connectivity index (χ0) is 36.4. The number of aliphatic imine (C=N–C) groups is 1. The highest BCUT2D eigenvalue weighted by Crippen LogP contribution is 2.38. The molecule has 0 saturated carbocycles. The van der Waals surface area contributed by atoms with Crippen LogP contribution in [-0.2, 0) is 11.3 Å². The molecule has 50 heavy (non-hydrogen) atoms. The number of hydrogen-bond donors (Lipinski definition) is 0. The highest BCUT2D eigenvalue weighted by atomic mass is 32.1. The number of hydrogen-bond acceptors (Lipinski definition) is 7. The van der Waals surface area contributed by atoms with Gasteiger partial charge in [0.2, 0.25) is 0 Å². The van der Waals surface area contributed by atoms with Crippen LogP contribution in [0, 0.1) is 24.1 Å². The first-order valence-corrected chi connectivity index (χ1v) is 18.2. The van der Waals surface area contributed by atoms with Crippen LogP contribution in [0.1, 0.15) is 83.9 Å². The van der Waals surface area contributed by atoms with Gasteiger partial charge >= 0.3 is 0 Å². The Balaban J connectivity index is 1.69. The maximum absolute atomic E-state index is 13.6. The van der Waals surface area contributed by atoms with Gasteiger partial charge in [-0.05, 0) is 95.9 Å². The van der Waals surface area contributed by atoms with E-state index in [9.17, 15) is 9.65 Å². The minimum atomic E-state index is -0.328. The Morgan fingerprint density at radius 1 is 1.16 bits per heavy atom. The van der Waals surface area contributed by atoms with Crippen molar-refractivity contribution in [2.45, 2.75) is 87.3 Å². The van der Waals surface area contributed by atoms with E-state index in [1.54, 1.807) is 12.1 Å². The second-order valence-electron chi connectivity index (χ2n) is 12.4. The van der Waals surface area contributed by atoms with Crippen LogP contribution < -0.4 is 4.90 Å². The van der Waals surface area contributed by atoms with E-state index in [2.05, 4.69) is 88.3 Å². The van der Waals surface area contributed by atoms with Gasteiger partial charge in [-0.1, -0.05) is 62.0 Å². The molecule has 3 aromatic rings. The van der Waals surface area contributed by atoms with Gasteiger partial charge in [-0.25, -0.2) is 19.0 Å². The number of amidine groups is 1. The van der Waals surface area contributed by atoms with Gasteiger partial charge in [0.25, 0.3) is 0 Å². The zero-order valence-electron chi connectivity index (χ0n) is 30.8. The fourth-order valence-electron chi connectivity index (χ4n) is 5.58. The number of rotatable bonds is 15. The van der Waals surface area contributed by atoms with Crippen LogP contribution in [0.5, 0.6) is 0 Å². The van der Waals surface area contributed by atoms with Crippen molar-refractivity contribution in [3.05, 3.63) is 99.7 Å². The average molecular weight is 696 g/mol. The number of aryl methyl sites for hydroxylation is 1. The summed E-state index contributed by atoms with van der Waals surface area (Å²) in [5, 5.41) is 15.7. The highest BCUT2D eigenvalue weighted by molar-refractivity contribution is 7.16. The SMILES string of the molecule is C=C(C)OC1CN(C(C)=N/C=C(\C=C(\C)CC)C(/C=C\c2nn(CC)c(N(CC)c3nc(-c4ccc(F)cc4)c(C#N)s3)c2C)=C\CCC)C1. The smallest absolute Gasteiger partial charge is 0.192 e. The number of nitriles is 1. The predicted molar refractivity (Wildman–Crippen MR) is 206 cm³/mol. The van der Waals surface area contributed by atoms with Gasteiger partial charge in [0.1, 0.15) is 40.2 Å². The van der Waals surface area contributed by atoms with Gasteiger partial charge in [0.15, 0.2) is 5.13 Å². The third-order valence-electron chi connectivity index (χ3n) is 8.56. The molecular formula is C40H50FN7OS. The molecule has 0 N–H and O–H groups in total. The number of aromatic nitrogens is 3. The molecule has 3 heterocycles. The van der Waals surface area contributed by atoms with Crippen LogP contribution in [0.3, 0.4) is 0 Å².